The lowest BCUT2D eigenvalue weighted by molar-refractivity contribution is 0.0510. The van der Waals surface area contributed by atoms with Crippen LogP contribution in [0.1, 0.15) is 31.1 Å². The molecule has 0 heterocycles. The van der Waals surface area contributed by atoms with Crippen molar-refractivity contribution < 1.29 is 19.1 Å². The number of carbonyl (C=O) groups excluding carboxylic acids is 3. The number of nitrogens with one attached hydrogen (secondary N) is 1. The minimum absolute atomic E-state index is 0.0288. The molecular weight excluding hydrogens is 342 g/mol. The highest BCUT2D eigenvalue weighted by Crippen LogP contribution is 2.26. The molecule has 0 fully saturated rings. The standard InChI is InChI=1S/C19H14ClNO4/c20-15-16(18(23)14-9-5-4-8-13(14)17(15)22)21-10-11-25-19(24)12-6-2-1-3-7-12/h1-9,21H,10-11H2. The molecule has 2 aromatic rings. The zero-order valence-electron chi connectivity index (χ0n) is 13.1. The van der Waals surface area contributed by atoms with Crippen LogP contribution in [0.15, 0.2) is 65.3 Å². The number of allylic oxidation sites excluding steroid dienone is 2. The monoisotopic (exact) mass is 355 g/mol. The lowest BCUT2D eigenvalue weighted by atomic mass is 9.92. The Morgan fingerprint density at radius 1 is 0.920 bits per heavy atom. The lowest BCUT2D eigenvalue weighted by Gasteiger charge is -2.18. The Labute approximate surface area is 149 Å². The van der Waals surface area contributed by atoms with Gasteiger partial charge in [0.05, 0.1) is 5.56 Å². The van der Waals surface area contributed by atoms with Crippen LogP contribution in [0.2, 0.25) is 0 Å². The summed E-state index contributed by atoms with van der Waals surface area (Å²) < 4.78 is 5.12. The molecule has 0 aromatic heterocycles. The fraction of sp³-hybridized carbons (Fsp3) is 0.105. The molecule has 0 saturated heterocycles. The van der Waals surface area contributed by atoms with Gasteiger partial charge in [-0.25, -0.2) is 4.79 Å². The fourth-order valence-electron chi connectivity index (χ4n) is 2.48. The molecule has 1 N–H and O–H groups in total. The van der Waals surface area contributed by atoms with E-state index in [9.17, 15) is 14.4 Å². The maximum absolute atomic E-state index is 12.5. The van der Waals surface area contributed by atoms with Gasteiger partial charge in [0.2, 0.25) is 11.6 Å². The summed E-state index contributed by atoms with van der Waals surface area (Å²) in [5.41, 5.74) is 1.07. The van der Waals surface area contributed by atoms with Crippen molar-refractivity contribution in [1.29, 1.82) is 0 Å². The highest BCUT2D eigenvalue weighted by molar-refractivity contribution is 6.49. The predicted molar refractivity (Wildman–Crippen MR) is 92.7 cm³/mol. The van der Waals surface area contributed by atoms with Crippen LogP contribution in [0.5, 0.6) is 0 Å². The average molecular weight is 356 g/mol. The summed E-state index contributed by atoms with van der Waals surface area (Å²) in [7, 11) is 0. The van der Waals surface area contributed by atoms with Gasteiger partial charge < -0.3 is 10.1 Å². The molecule has 6 heteroatoms. The zero-order chi connectivity index (χ0) is 17.8. The molecular formula is C19H14ClNO4. The van der Waals surface area contributed by atoms with Crippen molar-refractivity contribution in [3.63, 3.8) is 0 Å². The van der Waals surface area contributed by atoms with E-state index in [1.54, 1.807) is 54.6 Å². The normalized spacial score (nSPS) is 13.5. The van der Waals surface area contributed by atoms with Gasteiger partial charge in [-0.2, -0.15) is 0 Å². The van der Waals surface area contributed by atoms with E-state index in [4.69, 9.17) is 16.3 Å². The Morgan fingerprint density at radius 3 is 2.20 bits per heavy atom. The summed E-state index contributed by atoms with van der Waals surface area (Å²) in [6, 6.07) is 15.1. The summed E-state index contributed by atoms with van der Waals surface area (Å²) >= 11 is 6.03. The molecule has 0 amide bonds. The van der Waals surface area contributed by atoms with Crippen molar-refractivity contribution in [2.75, 3.05) is 13.2 Å². The number of rotatable bonds is 5. The molecule has 0 unspecified atom stereocenters. The summed E-state index contributed by atoms with van der Waals surface area (Å²) in [6.07, 6.45) is 0. The number of hydrogen-bond acceptors (Lipinski definition) is 5. The van der Waals surface area contributed by atoms with Gasteiger partial charge >= 0.3 is 5.97 Å². The van der Waals surface area contributed by atoms with E-state index < -0.39 is 11.8 Å². The lowest BCUT2D eigenvalue weighted by Crippen LogP contribution is -2.31. The number of ether oxygens (including phenoxy) is 1. The van der Waals surface area contributed by atoms with Crippen molar-refractivity contribution in [2.45, 2.75) is 0 Å². The third kappa shape index (κ3) is 3.46. The highest BCUT2D eigenvalue weighted by atomic mass is 35.5. The van der Waals surface area contributed by atoms with E-state index in [0.29, 0.717) is 16.7 Å². The Morgan fingerprint density at radius 2 is 1.52 bits per heavy atom. The van der Waals surface area contributed by atoms with Crippen LogP contribution in [-0.4, -0.2) is 30.7 Å². The Balaban J connectivity index is 1.62. The van der Waals surface area contributed by atoms with Crippen molar-refractivity contribution in [1.82, 2.24) is 5.32 Å². The van der Waals surface area contributed by atoms with Crippen LogP contribution in [0.25, 0.3) is 0 Å². The minimum Gasteiger partial charge on any atom is -0.460 e. The van der Waals surface area contributed by atoms with Gasteiger partial charge in [-0.05, 0) is 12.1 Å². The summed E-state index contributed by atoms with van der Waals surface area (Å²) in [5.74, 6) is -1.21. The first-order valence-corrected chi connectivity index (χ1v) is 8.01. The molecule has 126 valence electrons. The fourth-order valence-corrected chi connectivity index (χ4v) is 2.73. The maximum Gasteiger partial charge on any atom is 0.338 e. The van der Waals surface area contributed by atoms with Gasteiger partial charge in [0, 0.05) is 17.7 Å². The maximum atomic E-state index is 12.5. The van der Waals surface area contributed by atoms with E-state index in [2.05, 4.69) is 5.32 Å². The van der Waals surface area contributed by atoms with Crippen molar-refractivity contribution in [2.24, 2.45) is 0 Å². The van der Waals surface area contributed by atoms with Crippen molar-refractivity contribution in [3.05, 3.63) is 82.0 Å². The second kappa shape index (κ2) is 7.32. The third-order valence-corrected chi connectivity index (χ3v) is 4.07. The molecule has 5 nitrogen and oxygen atoms in total. The molecule has 2 aromatic carbocycles. The predicted octanol–water partition coefficient (Wildman–Crippen LogP) is 2.96. The Bertz CT molecular complexity index is 874. The Hall–Kier alpha value is -2.92. The minimum atomic E-state index is -0.459. The number of benzene rings is 2. The first-order chi connectivity index (χ1) is 12.1. The van der Waals surface area contributed by atoms with Gasteiger partial charge in [0.15, 0.2) is 0 Å². The summed E-state index contributed by atoms with van der Waals surface area (Å²) in [6.45, 7) is 0.190. The molecule has 0 spiro atoms. The van der Waals surface area contributed by atoms with Crippen molar-refractivity contribution in [3.8, 4) is 0 Å². The second-order valence-corrected chi connectivity index (χ2v) is 5.70. The first kappa shape index (κ1) is 16.9. The number of carbonyl (C=O) groups is 3. The highest BCUT2D eigenvalue weighted by Gasteiger charge is 2.30. The summed E-state index contributed by atoms with van der Waals surface area (Å²) in [5, 5.41) is 2.64. The second-order valence-electron chi connectivity index (χ2n) is 5.32. The van der Waals surface area contributed by atoms with Gasteiger partial charge in [0.25, 0.3) is 0 Å². The molecule has 0 aliphatic heterocycles. The number of esters is 1. The number of halogens is 1. The molecule has 0 atom stereocenters. The van der Waals surface area contributed by atoms with E-state index >= 15 is 0 Å². The van der Waals surface area contributed by atoms with Gasteiger partial charge in [-0.3, -0.25) is 9.59 Å². The third-order valence-electron chi connectivity index (χ3n) is 3.71. The number of hydrogen-bond donors (Lipinski definition) is 1. The van der Waals surface area contributed by atoms with Crippen LogP contribution in [0, 0.1) is 0 Å². The van der Waals surface area contributed by atoms with Crippen LogP contribution >= 0.6 is 11.6 Å². The van der Waals surface area contributed by atoms with E-state index in [1.807, 2.05) is 0 Å². The van der Waals surface area contributed by atoms with Gasteiger partial charge in [0.1, 0.15) is 17.3 Å². The molecule has 25 heavy (non-hydrogen) atoms. The Kier molecular flexibility index (Phi) is 4.95. The number of fused-ring (bicyclic) bond motifs is 1. The quantitative estimate of drug-likeness (QED) is 0.659. The molecule has 1 aliphatic rings. The van der Waals surface area contributed by atoms with E-state index in [1.165, 1.54) is 0 Å². The van der Waals surface area contributed by atoms with Crippen LogP contribution in [0.4, 0.5) is 0 Å². The first-order valence-electron chi connectivity index (χ1n) is 7.64. The van der Waals surface area contributed by atoms with Gasteiger partial charge in [-0.15, -0.1) is 0 Å². The van der Waals surface area contributed by atoms with Crippen LogP contribution in [-0.2, 0) is 4.74 Å². The molecule has 0 radical (unpaired) electrons. The molecule has 1 aliphatic carbocycles. The van der Waals surface area contributed by atoms with Gasteiger partial charge in [-0.1, -0.05) is 54.1 Å². The van der Waals surface area contributed by atoms with Crippen LogP contribution < -0.4 is 5.32 Å². The van der Waals surface area contributed by atoms with E-state index in [0.717, 1.165) is 0 Å². The largest absolute Gasteiger partial charge is 0.460 e. The smallest absolute Gasteiger partial charge is 0.338 e. The summed E-state index contributed by atoms with van der Waals surface area (Å²) in [4.78, 5) is 36.5. The van der Waals surface area contributed by atoms with Crippen molar-refractivity contribution >= 4 is 29.1 Å². The van der Waals surface area contributed by atoms with Crippen LogP contribution in [0.3, 0.4) is 0 Å². The SMILES string of the molecule is O=C(OCCNC1=C(Cl)C(=O)c2ccccc2C1=O)c1ccccc1. The number of ketones is 2. The topological polar surface area (TPSA) is 72.5 Å². The molecule has 0 bridgehead atoms. The number of Topliss-reactive ketones (excluding diaryl/α,β-unsaturated/α-hetero) is 2. The molecule has 3 rings (SSSR count). The molecule has 0 saturated carbocycles. The zero-order valence-corrected chi connectivity index (χ0v) is 13.9. The average Bonchev–Trinajstić information content (AvgIpc) is 2.66. The van der Waals surface area contributed by atoms with E-state index in [-0.39, 0.29) is 29.7 Å².